The lowest BCUT2D eigenvalue weighted by molar-refractivity contribution is 0.111. The molecule has 0 radical (unpaired) electrons. The summed E-state index contributed by atoms with van der Waals surface area (Å²) in [6, 6.07) is 0. The van der Waals surface area contributed by atoms with Crippen molar-refractivity contribution in [3.63, 3.8) is 0 Å². The molecule has 0 saturated carbocycles. The van der Waals surface area contributed by atoms with Crippen LogP contribution in [0, 0.1) is 0 Å². The van der Waals surface area contributed by atoms with Crippen molar-refractivity contribution in [3.8, 4) is 5.75 Å². The van der Waals surface area contributed by atoms with Crippen LogP contribution in [-0.4, -0.2) is 25.3 Å². The summed E-state index contributed by atoms with van der Waals surface area (Å²) < 4.78 is 2.75. The van der Waals surface area contributed by atoms with Crippen LogP contribution >= 0.6 is 0 Å². The van der Waals surface area contributed by atoms with E-state index in [4.69, 9.17) is 0 Å². The van der Waals surface area contributed by atoms with E-state index in [1.807, 2.05) is 0 Å². The Morgan fingerprint density at radius 3 is 2.86 bits per heavy atom. The Bertz CT molecular complexity index is 567. The molecule has 0 aliphatic rings. The van der Waals surface area contributed by atoms with E-state index in [1.54, 1.807) is 17.8 Å². The maximum absolute atomic E-state index is 11.4. The number of imidazole rings is 1. The number of fused-ring (bicyclic) bond motifs is 1. The van der Waals surface area contributed by atoms with Crippen molar-refractivity contribution in [1.29, 1.82) is 0 Å². The van der Waals surface area contributed by atoms with Gasteiger partial charge >= 0.3 is 5.56 Å². The number of aldehydes is 1. The van der Waals surface area contributed by atoms with E-state index in [0.29, 0.717) is 12.1 Å². The van der Waals surface area contributed by atoms with Gasteiger partial charge in [0.05, 0.1) is 0 Å². The van der Waals surface area contributed by atoms with Gasteiger partial charge in [0.15, 0.2) is 12.0 Å². The van der Waals surface area contributed by atoms with Crippen LogP contribution < -0.4 is 5.56 Å². The second kappa shape index (κ2) is 2.69. The zero-order valence-electron chi connectivity index (χ0n) is 7.34. The van der Waals surface area contributed by atoms with Gasteiger partial charge in [0.1, 0.15) is 0 Å². The van der Waals surface area contributed by atoms with Gasteiger partial charge in [0, 0.05) is 19.4 Å². The predicted molar refractivity (Wildman–Crippen MR) is 47.5 cm³/mol. The van der Waals surface area contributed by atoms with Crippen LogP contribution in [0.15, 0.2) is 17.2 Å². The number of aromatic hydroxyl groups is 1. The van der Waals surface area contributed by atoms with Crippen LogP contribution in [0.1, 0.15) is 10.5 Å². The van der Waals surface area contributed by atoms with Crippen molar-refractivity contribution in [3.05, 3.63) is 28.4 Å². The Morgan fingerprint density at radius 2 is 2.21 bits per heavy atom. The van der Waals surface area contributed by atoms with Gasteiger partial charge in [-0.1, -0.05) is 0 Å². The molecule has 0 aromatic carbocycles. The average Bonchev–Trinajstić information content (AvgIpc) is 2.54. The van der Waals surface area contributed by atoms with Crippen molar-refractivity contribution in [2.24, 2.45) is 7.05 Å². The molecule has 6 nitrogen and oxygen atoms in total. The highest BCUT2D eigenvalue weighted by atomic mass is 16.3. The van der Waals surface area contributed by atoms with Crippen LogP contribution in [0.5, 0.6) is 5.75 Å². The summed E-state index contributed by atoms with van der Waals surface area (Å²) in [4.78, 5) is 25.7. The molecule has 0 amide bonds. The van der Waals surface area contributed by atoms with E-state index < -0.39 is 11.3 Å². The van der Waals surface area contributed by atoms with E-state index in [9.17, 15) is 14.7 Å². The summed E-state index contributed by atoms with van der Waals surface area (Å²) in [5, 5.41) is 9.27. The molecule has 2 aromatic rings. The number of rotatable bonds is 1. The van der Waals surface area contributed by atoms with E-state index in [0.717, 1.165) is 0 Å². The Hall–Kier alpha value is -2.11. The first-order valence-electron chi connectivity index (χ1n) is 3.87. The van der Waals surface area contributed by atoms with E-state index >= 15 is 0 Å². The highest BCUT2D eigenvalue weighted by molar-refractivity contribution is 5.76. The Balaban J connectivity index is 3.02. The number of carbonyl (C=O) groups excluding carboxylic acids is 1. The number of hydrogen-bond donors (Lipinski definition) is 1. The number of carbonyl (C=O) groups is 1. The second-order valence-corrected chi connectivity index (χ2v) is 2.85. The van der Waals surface area contributed by atoms with Crippen molar-refractivity contribution in [1.82, 2.24) is 14.0 Å². The van der Waals surface area contributed by atoms with Gasteiger partial charge in [-0.25, -0.2) is 9.38 Å². The second-order valence-electron chi connectivity index (χ2n) is 2.85. The standard InChI is InChI=1S/C8H7N3O3/c1-10-2-3-11-7(14)6(13)5(4-12)9-8(10)11/h2-4,13H,1H3. The first-order valence-corrected chi connectivity index (χ1v) is 3.87. The van der Waals surface area contributed by atoms with Crippen LogP contribution in [0.2, 0.25) is 0 Å². The lowest BCUT2D eigenvalue weighted by Crippen LogP contribution is -2.15. The fourth-order valence-corrected chi connectivity index (χ4v) is 1.23. The summed E-state index contributed by atoms with van der Waals surface area (Å²) in [7, 11) is 1.69. The Labute approximate surface area is 78.0 Å². The molecular weight excluding hydrogens is 186 g/mol. The van der Waals surface area contributed by atoms with E-state index in [2.05, 4.69) is 4.98 Å². The van der Waals surface area contributed by atoms with Crippen molar-refractivity contribution < 1.29 is 9.90 Å². The minimum Gasteiger partial charge on any atom is -0.501 e. The molecule has 72 valence electrons. The molecule has 2 heterocycles. The van der Waals surface area contributed by atoms with Gasteiger partial charge in [-0.05, 0) is 0 Å². The third-order valence-electron chi connectivity index (χ3n) is 1.97. The van der Waals surface area contributed by atoms with Gasteiger partial charge in [0.2, 0.25) is 11.5 Å². The van der Waals surface area contributed by atoms with Crippen molar-refractivity contribution in [2.45, 2.75) is 0 Å². The fraction of sp³-hybridized carbons (Fsp3) is 0.125. The lowest BCUT2D eigenvalue weighted by atomic mass is 10.4. The maximum Gasteiger partial charge on any atom is 0.302 e. The molecule has 6 heteroatoms. The first-order chi connectivity index (χ1) is 6.65. The van der Waals surface area contributed by atoms with Gasteiger partial charge in [-0.3, -0.25) is 9.59 Å². The average molecular weight is 193 g/mol. The van der Waals surface area contributed by atoms with Gasteiger partial charge in [-0.2, -0.15) is 0 Å². The SMILES string of the molecule is Cn1ccn2c(=O)c(O)c(C=O)nc12. The third kappa shape index (κ3) is 0.936. The molecular formula is C8H7N3O3. The molecule has 0 aliphatic heterocycles. The monoisotopic (exact) mass is 193 g/mol. The minimum absolute atomic E-state index is 0.239. The van der Waals surface area contributed by atoms with Crippen LogP contribution in [0.3, 0.4) is 0 Å². The molecule has 2 aromatic heterocycles. The minimum atomic E-state index is -0.641. The number of nitrogens with zero attached hydrogens (tertiary/aromatic N) is 3. The highest BCUT2D eigenvalue weighted by Gasteiger charge is 2.11. The fourth-order valence-electron chi connectivity index (χ4n) is 1.23. The molecule has 2 rings (SSSR count). The molecule has 0 saturated heterocycles. The molecule has 0 unspecified atom stereocenters. The van der Waals surface area contributed by atoms with Crippen molar-refractivity contribution >= 4 is 12.1 Å². The molecule has 1 N–H and O–H groups in total. The van der Waals surface area contributed by atoms with E-state index in [-0.39, 0.29) is 5.69 Å². The Morgan fingerprint density at radius 1 is 1.50 bits per heavy atom. The van der Waals surface area contributed by atoms with E-state index in [1.165, 1.54) is 10.6 Å². The molecule has 14 heavy (non-hydrogen) atoms. The molecule has 0 fully saturated rings. The quantitative estimate of drug-likeness (QED) is 0.622. The van der Waals surface area contributed by atoms with Gasteiger partial charge in [-0.15, -0.1) is 0 Å². The van der Waals surface area contributed by atoms with Crippen LogP contribution in [-0.2, 0) is 7.05 Å². The normalized spacial score (nSPS) is 10.6. The van der Waals surface area contributed by atoms with Gasteiger partial charge < -0.3 is 9.67 Å². The lowest BCUT2D eigenvalue weighted by Gasteiger charge is -1.98. The number of aromatic nitrogens is 3. The Kier molecular flexibility index (Phi) is 1.63. The summed E-state index contributed by atoms with van der Waals surface area (Å²) in [6.07, 6.45) is 3.43. The highest BCUT2D eigenvalue weighted by Crippen LogP contribution is 2.07. The first kappa shape index (κ1) is 8.49. The molecule has 0 atom stereocenters. The largest absolute Gasteiger partial charge is 0.501 e. The molecule has 0 spiro atoms. The maximum atomic E-state index is 11.4. The zero-order chi connectivity index (χ0) is 10.3. The van der Waals surface area contributed by atoms with Crippen LogP contribution in [0.4, 0.5) is 0 Å². The summed E-state index contributed by atoms with van der Waals surface area (Å²) in [5.41, 5.74) is -0.880. The van der Waals surface area contributed by atoms with Crippen molar-refractivity contribution in [2.75, 3.05) is 0 Å². The zero-order valence-corrected chi connectivity index (χ0v) is 7.34. The summed E-state index contributed by atoms with van der Waals surface area (Å²) in [6.45, 7) is 0. The number of hydrogen-bond acceptors (Lipinski definition) is 4. The smallest absolute Gasteiger partial charge is 0.302 e. The molecule has 0 aliphatic carbocycles. The predicted octanol–water partition coefficient (Wildman–Crippen LogP) is -0.449. The topological polar surface area (TPSA) is 76.6 Å². The van der Waals surface area contributed by atoms with Crippen LogP contribution in [0.25, 0.3) is 5.78 Å². The number of aryl methyl sites for hydroxylation is 1. The van der Waals surface area contributed by atoms with Gasteiger partial charge in [0.25, 0.3) is 0 Å². The summed E-state index contributed by atoms with van der Waals surface area (Å²) >= 11 is 0. The third-order valence-corrected chi connectivity index (χ3v) is 1.97. The molecule has 0 bridgehead atoms. The summed E-state index contributed by atoms with van der Waals surface area (Å²) in [5.74, 6) is -0.307.